The second kappa shape index (κ2) is 7.33. The number of anilines is 2. The number of sulfonamides is 1. The summed E-state index contributed by atoms with van der Waals surface area (Å²) in [5, 5.41) is 4.44. The third kappa shape index (κ3) is 3.65. The Morgan fingerprint density at radius 1 is 1.22 bits per heavy atom. The van der Waals surface area contributed by atoms with E-state index in [0.29, 0.717) is 42.8 Å². The third-order valence-electron chi connectivity index (χ3n) is 4.25. The van der Waals surface area contributed by atoms with Crippen molar-refractivity contribution in [2.24, 2.45) is 0 Å². The minimum Gasteiger partial charge on any atom is -0.379 e. The van der Waals surface area contributed by atoms with Crippen molar-refractivity contribution in [3.63, 3.8) is 0 Å². The van der Waals surface area contributed by atoms with E-state index in [-0.39, 0.29) is 4.90 Å². The highest BCUT2D eigenvalue weighted by Gasteiger charge is 2.27. The summed E-state index contributed by atoms with van der Waals surface area (Å²) >= 11 is 7.88. The normalized spacial score (nSPS) is 15.9. The van der Waals surface area contributed by atoms with Gasteiger partial charge in [-0.15, -0.1) is 11.3 Å². The summed E-state index contributed by atoms with van der Waals surface area (Å²) in [7, 11) is -3.61. The molecule has 0 saturated carbocycles. The van der Waals surface area contributed by atoms with E-state index >= 15 is 0 Å². The van der Waals surface area contributed by atoms with Crippen LogP contribution in [-0.4, -0.2) is 49.0 Å². The van der Waals surface area contributed by atoms with E-state index in [1.165, 1.54) is 16.7 Å². The minimum absolute atomic E-state index is 0.183. The Morgan fingerprint density at radius 2 is 2.00 bits per heavy atom. The molecule has 10 heteroatoms. The number of fused-ring (bicyclic) bond motifs is 1. The van der Waals surface area contributed by atoms with Crippen molar-refractivity contribution in [2.45, 2.75) is 11.8 Å². The smallest absolute Gasteiger partial charge is 0.243 e. The molecule has 0 bridgehead atoms. The van der Waals surface area contributed by atoms with Gasteiger partial charge in [0, 0.05) is 18.0 Å². The Labute approximate surface area is 166 Å². The lowest BCUT2D eigenvalue weighted by atomic mass is 10.3. The number of morpholine rings is 1. The van der Waals surface area contributed by atoms with Crippen LogP contribution in [-0.2, 0) is 14.8 Å². The summed E-state index contributed by atoms with van der Waals surface area (Å²) in [4.78, 5) is 10.7. The lowest BCUT2D eigenvalue weighted by Crippen LogP contribution is -2.40. The van der Waals surface area contributed by atoms with Crippen LogP contribution in [0.3, 0.4) is 0 Å². The molecule has 7 nitrogen and oxygen atoms in total. The number of ether oxygens (including phenoxy) is 1. The third-order valence-corrected chi connectivity index (χ3v) is 7.43. The zero-order chi connectivity index (χ0) is 19.0. The van der Waals surface area contributed by atoms with Gasteiger partial charge in [0.1, 0.15) is 17.0 Å². The van der Waals surface area contributed by atoms with Crippen molar-refractivity contribution in [2.75, 3.05) is 31.6 Å². The molecule has 0 amide bonds. The Kier molecular flexibility index (Phi) is 5.04. The van der Waals surface area contributed by atoms with E-state index in [0.717, 1.165) is 15.1 Å². The fourth-order valence-electron chi connectivity index (χ4n) is 2.90. The molecular formula is C17H17ClN4O3S2. The predicted octanol–water partition coefficient (Wildman–Crippen LogP) is 3.42. The van der Waals surface area contributed by atoms with Crippen LogP contribution in [0.4, 0.5) is 11.5 Å². The molecule has 3 aromatic rings. The van der Waals surface area contributed by atoms with Crippen molar-refractivity contribution < 1.29 is 13.2 Å². The van der Waals surface area contributed by atoms with Gasteiger partial charge in [0.2, 0.25) is 10.0 Å². The SMILES string of the molecule is Cc1cc2c(Nc3cc(S(=O)(=O)N4CCOCC4)ccc3Cl)ncnc2s1. The van der Waals surface area contributed by atoms with Gasteiger partial charge < -0.3 is 10.1 Å². The number of aromatic nitrogens is 2. The minimum atomic E-state index is -3.61. The van der Waals surface area contributed by atoms with E-state index in [2.05, 4.69) is 15.3 Å². The standard InChI is InChI=1S/C17H17ClN4O3S2/c1-11-8-13-16(19-10-20-17(13)26-11)21-15-9-12(2-3-14(15)18)27(23,24)22-4-6-25-7-5-22/h2-3,8-10H,4-7H2,1H3,(H,19,20,21). The average Bonchev–Trinajstić information content (AvgIpc) is 3.05. The van der Waals surface area contributed by atoms with Gasteiger partial charge in [0.25, 0.3) is 0 Å². The highest BCUT2D eigenvalue weighted by atomic mass is 35.5. The fourth-order valence-corrected chi connectivity index (χ4v) is 5.35. The molecule has 3 heterocycles. The van der Waals surface area contributed by atoms with Gasteiger partial charge in [-0.25, -0.2) is 18.4 Å². The van der Waals surface area contributed by atoms with Crippen LogP contribution in [0.25, 0.3) is 10.2 Å². The quantitative estimate of drug-likeness (QED) is 0.690. The first-order chi connectivity index (χ1) is 12.9. The molecule has 1 fully saturated rings. The van der Waals surface area contributed by atoms with Crippen molar-refractivity contribution in [1.82, 2.24) is 14.3 Å². The lowest BCUT2D eigenvalue weighted by molar-refractivity contribution is 0.0730. The van der Waals surface area contributed by atoms with Crippen molar-refractivity contribution in [3.8, 4) is 0 Å². The van der Waals surface area contributed by atoms with E-state index in [4.69, 9.17) is 16.3 Å². The molecule has 1 N–H and O–H groups in total. The van der Waals surface area contributed by atoms with Crippen molar-refractivity contribution >= 4 is 54.7 Å². The van der Waals surface area contributed by atoms with Crippen LogP contribution < -0.4 is 5.32 Å². The summed E-state index contributed by atoms with van der Waals surface area (Å²) in [5.41, 5.74) is 0.481. The van der Waals surface area contributed by atoms with Gasteiger partial charge in [-0.2, -0.15) is 4.31 Å². The largest absolute Gasteiger partial charge is 0.379 e. The van der Waals surface area contributed by atoms with Gasteiger partial charge in [0.05, 0.1) is 34.2 Å². The molecule has 1 saturated heterocycles. The average molecular weight is 425 g/mol. The second-order valence-electron chi connectivity index (χ2n) is 6.08. The molecule has 0 spiro atoms. The Morgan fingerprint density at radius 3 is 2.78 bits per heavy atom. The number of nitrogens with zero attached hydrogens (tertiary/aromatic N) is 3. The highest BCUT2D eigenvalue weighted by Crippen LogP contribution is 2.33. The van der Waals surface area contributed by atoms with Crippen molar-refractivity contribution in [3.05, 3.63) is 40.5 Å². The van der Waals surface area contributed by atoms with Gasteiger partial charge in [0.15, 0.2) is 0 Å². The second-order valence-corrected chi connectivity index (χ2v) is 9.66. The number of rotatable bonds is 4. The molecule has 1 aromatic carbocycles. The van der Waals surface area contributed by atoms with Gasteiger partial charge in [-0.3, -0.25) is 0 Å². The van der Waals surface area contributed by atoms with Crippen LogP contribution in [0.5, 0.6) is 0 Å². The lowest BCUT2D eigenvalue weighted by Gasteiger charge is -2.26. The van der Waals surface area contributed by atoms with E-state index in [1.807, 2.05) is 13.0 Å². The Bertz CT molecular complexity index is 1090. The first-order valence-corrected chi connectivity index (χ1v) is 10.9. The highest BCUT2D eigenvalue weighted by molar-refractivity contribution is 7.89. The van der Waals surface area contributed by atoms with E-state index < -0.39 is 10.0 Å². The molecule has 2 aromatic heterocycles. The molecule has 1 aliphatic rings. The number of nitrogens with one attached hydrogen (secondary N) is 1. The van der Waals surface area contributed by atoms with E-state index in [9.17, 15) is 8.42 Å². The number of halogens is 1. The monoisotopic (exact) mass is 424 g/mol. The molecule has 1 aliphatic heterocycles. The summed E-state index contributed by atoms with van der Waals surface area (Å²) in [6, 6.07) is 6.63. The summed E-state index contributed by atoms with van der Waals surface area (Å²) < 4.78 is 32.5. The molecular weight excluding hydrogens is 408 g/mol. The van der Waals surface area contributed by atoms with Crippen molar-refractivity contribution in [1.29, 1.82) is 0 Å². The number of benzene rings is 1. The molecule has 142 valence electrons. The van der Waals surface area contributed by atoms with Gasteiger partial charge in [-0.1, -0.05) is 11.6 Å². The first kappa shape index (κ1) is 18.6. The summed E-state index contributed by atoms with van der Waals surface area (Å²) in [5.74, 6) is 0.590. The Balaban J connectivity index is 1.70. The van der Waals surface area contributed by atoms with Crippen LogP contribution in [0.2, 0.25) is 5.02 Å². The maximum Gasteiger partial charge on any atom is 0.243 e. The van der Waals surface area contributed by atoms with Gasteiger partial charge >= 0.3 is 0 Å². The number of hydrogen-bond acceptors (Lipinski definition) is 7. The number of hydrogen-bond donors (Lipinski definition) is 1. The zero-order valence-corrected chi connectivity index (χ0v) is 16.9. The summed E-state index contributed by atoms with van der Waals surface area (Å²) in [6.45, 7) is 3.48. The molecule has 0 unspecified atom stereocenters. The molecule has 0 aliphatic carbocycles. The molecule has 4 rings (SSSR count). The fraction of sp³-hybridized carbons (Fsp3) is 0.294. The summed E-state index contributed by atoms with van der Waals surface area (Å²) in [6.07, 6.45) is 1.48. The molecule has 27 heavy (non-hydrogen) atoms. The van der Waals surface area contributed by atoms with E-state index in [1.54, 1.807) is 23.5 Å². The maximum absolute atomic E-state index is 12.9. The van der Waals surface area contributed by atoms with Gasteiger partial charge in [-0.05, 0) is 31.2 Å². The zero-order valence-electron chi connectivity index (χ0n) is 14.5. The predicted molar refractivity (Wildman–Crippen MR) is 106 cm³/mol. The van der Waals surface area contributed by atoms with Crippen LogP contribution >= 0.6 is 22.9 Å². The van der Waals surface area contributed by atoms with Crippen LogP contribution in [0.1, 0.15) is 4.88 Å². The number of thiophene rings is 1. The van der Waals surface area contributed by atoms with Crippen LogP contribution in [0.15, 0.2) is 35.5 Å². The molecule has 0 radical (unpaired) electrons. The topological polar surface area (TPSA) is 84.4 Å². The van der Waals surface area contributed by atoms with Crippen LogP contribution in [0, 0.1) is 6.92 Å². The number of aryl methyl sites for hydroxylation is 1. The molecule has 0 atom stereocenters. The maximum atomic E-state index is 12.9. The Hall–Kier alpha value is -1.78. The first-order valence-electron chi connectivity index (χ1n) is 8.31.